The van der Waals surface area contributed by atoms with E-state index in [2.05, 4.69) is 31.2 Å². The van der Waals surface area contributed by atoms with Gasteiger partial charge in [-0.3, -0.25) is 0 Å². The van der Waals surface area contributed by atoms with E-state index in [1.54, 1.807) is 0 Å². The topological polar surface area (TPSA) is 46.2 Å². The molecule has 2 nitrogen and oxygen atoms in total. The number of aliphatic hydroxyl groups is 1. The van der Waals surface area contributed by atoms with Crippen molar-refractivity contribution in [2.45, 2.75) is 50.5 Å². The molecule has 0 aliphatic heterocycles. The highest BCUT2D eigenvalue weighted by Gasteiger charge is 2.37. The number of benzene rings is 1. The third kappa shape index (κ3) is 2.70. The van der Waals surface area contributed by atoms with Crippen molar-refractivity contribution in [3.63, 3.8) is 0 Å². The van der Waals surface area contributed by atoms with Crippen molar-refractivity contribution >= 4 is 0 Å². The summed E-state index contributed by atoms with van der Waals surface area (Å²) in [6, 6.07) is 8.42. The molecule has 2 rings (SSSR count). The van der Waals surface area contributed by atoms with Gasteiger partial charge in [-0.05, 0) is 25.3 Å². The number of nitrogens with two attached hydrogens (primary N) is 1. The van der Waals surface area contributed by atoms with E-state index in [0.717, 1.165) is 25.7 Å². The zero-order valence-corrected chi connectivity index (χ0v) is 10.7. The van der Waals surface area contributed by atoms with Crippen molar-refractivity contribution in [3.8, 4) is 0 Å². The van der Waals surface area contributed by atoms with Crippen LogP contribution in [0.25, 0.3) is 0 Å². The van der Waals surface area contributed by atoms with E-state index in [-0.39, 0.29) is 5.92 Å². The van der Waals surface area contributed by atoms with Gasteiger partial charge >= 0.3 is 0 Å². The summed E-state index contributed by atoms with van der Waals surface area (Å²) in [7, 11) is 0. The van der Waals surface area contributed by atoms with Crippen LogP contribution in [0.3, 0.4) is 0 Å². The molecule has 94 valence electrons. The Morgan fingerprint density at radius 2 is 1.76 bits per heavy atom. The highest BCUT2D eigenvalue weighted by Crippen LogP contribution is 2.39. The summed E-state index contributed by atoms with van der Waals surface area (Å²) in [6.45, 7) is 2.61. The molecule has 1 aliphatic rings. The number of aryl methyl sites for hydroxylation is 1. The Morgan fingerprint density at radius 1 is 1.18 bits per heavy atom. The first-order valence-electron chi connectivity index (χ1n) is 6.65. The summed E-state index contributed by atoms with van der Waals surface area (Å²) in [6.07, 6.45) is 5.27. The van der Waals surface area contributed by atoms with E-state index in [1.807, 2.05) is 0 Å². The van der Waals surface area contributed by atoms with Crippen LogP contribution in [0.1, 0.15) is 49.1 Å². The van der Waals surface area contributed by atoms with Crippen molar-refractivity contribution in [2.24, 2.45) is 5.73 Å². The molecule has 3 N–H and O–H groups in total. The van der Waals surface area contributed by atoms with Gasteiger partial charge in [0, 0.05) is 12.5 Å². The lowest BCUT2D eigenvalue weighted by atomic mass is 9.73. The van der Waals surface area contributed by atoms with Crippen molar-refractivity contribution in [1.29, 1.82) is 0 Å². The number of hydrogen-bond acceptors (Lipinski definition) is 2. The quantitative estimate of drug-likeness (QED) is 0.843. The maximum Gasteiger partial charge on any atom is 0.0728 e. The van der Waals surface area contributed by atoms with Gasteiger partial charge in [0.1, 0.15) is 0 Å². The lowest BCUT2D eigenvalue weighted by molar-refractivity contribution is -0.0194. The first-order valence-corrected chi connectivity index (χ1v) is 6.65. The van der Waals surface area contributed by atoms with E-state index in [0.29, 0.717) is 6.54 Å². The second-order valence-electron chi connectivity index (χ2n) is 5.36. The third-order valence-electron chi connectivity index (χ3n) is 4.08. The van der Waals surface area contributed by atoms with Crippen LogP contribution < -0.4 is 5.73 Å². The Balaban J connectivity index is 2.22. The van der Waals surface area contributed by atoms with Crippen molar-refractivity contribution < 1.29 is 5.11 Å². The molecule has 0 saturated heterocycles. The van der Waals surface area contributed by atoms with Gasteiger partial charge < -0.3 is 10.8 Å². The van der Waals surface area contributed by atoms with Gasteiger partial charge in [0.2, 0.25) is 0 Å². The summed E-state index contributed by atoms with van der Waals surface area (Å²) >= 11 is 0. The minimum Gasteiger partial charge on any atom is -0.389 e. The van der Waals surface area contributed by atoms with Crippen molar-refractivity contribution in [2.75, 3.05) is 6.54 Å². The van der Waals surface area contributed by atoms with E-state index >= 15 is 0 Å². The first kappa shape index (κ1) is 12.6. The summed E-state index contributed by atoms with van der Waals surface area (Å²) in [4.78, 5) is 0. The van der Waals surface area contributed by atoms with Gasteiger partial charge in [0.05, 0.1) is 5.60 Å². The smallest absolute Gasteiger partial charge is 0.0728 e. The predicted molar refractivity (Wildman–Crippen MR) is 71.0 cm³/mol. The number of rotatable bonds is 3. The predicted octanol–water partition coefficient (Wildman–Crippen LogP) is 2.73. The highest BCUT2D eigenvalue weighted by atomic mass is 16.3. The first-order chi connectivity index (χ1) is 8.15. The lowest BCUT2D eigenvalue weighted by Gasteiger charge is -2.39. The average molecular weight is 233 g/mol. The fraction of sp³-hybridized carbons (Fsp3) is 0.600. The Morgan fingerprint density at radius 3 is 2.29 bits per heavy atom. The molecule has 1 fully saturated rings. The molecule has 1 aromatic rings. The van der Waals surface area contributed by atoms with Crippen LogP contribution in [0, 0.1) is 6.92 Å². The molecule has 0 heterocycles. The maximum absolute atomic E-state index is 10.8. The van der Waals surface area contributed by atoms with Gasteiger partial charge in [-0.15, -0.1) is 0 Å². The van der Waals surface area contributed by atoms with Gasteiger partial charge in [-0.2, -0.15) is 0 Å². The molecule has 0 amide bonds. The fourth-order valence-corrected chi connectivity index (χ4v) is 2.98. The van der Waals surface area contributed by atoms with E-state index in [9.17, 15) is 5.11 Å². The largest absolute Gasteiger partial charge is 0.389 e. The highest BCUT2D eigenvalue weighted by molar-refractivity contribution is 5.27. The minimum absolute atomic E-state index is 0.0865. The van der Waals surface area contributed by atoms with Crippen LogP contribution in [0.15, 0.2) is 24.3 Å². The molecule has 0 aromatic heterocycles. The second kappa shape index (κ2) is 5.19. The van der Waals surface area contributed by atoms with Crippen molar-refractivity contribution in [1.82, 2.24) is 0 Å². The summed E-state index contributed by atoms with van der Waals surface area (Å²) in [5.74, 6) is 0.0865. The molecular weight excluding hydrogens is 210 g/mol. The molecule has 1 aromatic carbocycles. The zero-order chi connectivity index (χ0) is 12.3. The van der Waals surface area contributed by atoms with Crippen LogP contribution in [0.5, 0.6) is 0 Å². The second-order valence-corrected chi connectivity index (χ2v) is 5.36. The van der Waals surface area contributed by atoms with E-state index in [1.165, 1.54) is 17.5 Å². The van der Waals surface area contributed by atoms with E-state index < -0.39 is 5.60 Å². The molecular formula is C15H23NO. The molecule has 1 saturated carbocycles. The zero-order valence-electron chi connectivity index (χ0n) is 10.7. The summed E-state index contributed by atoms with van der Waals surface area (Å²) in [5.41, 5.74) is 7.75. The van der Waals surface area contributed by atoms with Crippen LogP contribution in [-0.4, -0.2) is 17.3 Å². The Labute approximate surface area is 104 Å². The molecule has 0 radical (unpaired) electrons. The molecule has 1 aliphatic carbocycles. The molecule has 1 unspecified atom stereocenters. The van der Waals surface area contributed by atoms with Gasteiger partial charge in [-0.25, -0.2) is 0 Å². The third-order valence-corrected chi connectivity index (χ3v) is 4.08. The fourth-order valence-electron chi connectivity index (χ4n) is 2.98. The minimum atomic E-state index is -0.581. The Hall–Kier alpha value is -0.860. The van der Waals surface area contributed by atoms with Gasteiger partial charge in [0.25, 0.3) is 0 Å². The lowest BCUT2D eigenvalue weighted by Crippen LogP contribution is -2.41. The van der Waals surface area contributed by atoms with Gasteiger partial charge in [0.15, 0.2) is 0 Å². The van der Waals surface area contributed by atoms with Crippen LogP contribution in [0.4, 0.5) is 0 Å². The van der Waals surface area contributed by atoms with Gasteiger partial charge in [-0.1, -0.05) is 49.1 Å². The maximum atomic E-state index is 10.8. The Kier molecular flexibility index (Phi) is 3.85. The molecule has 0 spiro atoms. The monoisotopic (exact) mass is 233 g/mol. The summed E-state index contributed by atoms with van der Waals surface area (Å²) < 4.78 is 0. The van der Waals surface area contributed by atoms with Crippen LogP contribution in [-0.2, 0) is 0 Å². The molecule has 1 atom stereocenters. The molecule has 2 heteroatoms. The molecule has 17 heavy (non-hydrogen) atoms. The van der Waals surface area contributed by atoms with E-state index in [4.69, 9.17) is 5.73 Å². The van der Waals surface area contributed by atoms with Crippen LogP contribution in [0.2, 0.25) is 0 Å². The normalized spacial score (nSPS) is 21.1. The number of hydrogen-bond donors (Lipinski definition) is 2. The van der Waals surface area contributed by atoms with Crippen LogP contribution >= 0.6 is 0 Å². The Bertz CT molecular complexity index is 352. The average Bonchev–Trinajstić information content (AvgIpc) is 2.33. The summed E-state index contributed by atoms with van der Waals surface area (Å²) in [5, 5.41) is 10.8. The van der Waals surface area contributed by atoms with Crippen molar-refractivity contribution in [3.05, 3.63) is 35.4 Å². The SMILES string of the molecule is Cc1ccc(C(CN)C2(O)CCCCC2)cc1. The molecule has 0 bridgehead atoms. The standard InChI is InChI=1S/C15H23NO/c1-12-5-7-13(8-6-12)14(11-16)15(17)9-3-2-4-10-15/h5-8,14,17H,2-4,9-11,16H2,1H3.